The van der Waals surface area contributed by atoms with Crippen LogP contribution >= 0.6 is 0 Å². The van der Waals surface area contributed by atoms with Gasteiger partial charge in [0.25, 0.3) is 0 Å². The van der Waals surface area contributed by atoms with Gasteiger partial charge in [0, 0.05) is 12.4 Å². The van der Waals surface area contributed by atoms with Crippen LogP contribution in [0.25, 0.3) is 0 Å². The zero-order valence-corrected chi connectivity index (χ0v) is 11.2. The Bertz CT molecular complexity index is 594. The number of aromatic nitrogens is 2. The molecule has 0 aliphatic rings. The van der Waals surface area contributed by atoms with E-state index < -0.39 is 5.92 Å². The second kappa shape index (κ2) is 5.49. The summed E-state index contributed by atoms with van der Waals surface area (Å²) in [5, 5.41) is 9.39. The summed E-state index contributed by atoms with van der Waals surface area (Å²) in [5.74, 6) is 0.455. The largest absolute Gasteiger partial charge is 0.496 e. The first-order valence-electron chi connectivity index (χ1n) is 5.98. The maximum Gasteiger partial charge on any atom is 0.124 e. The molecule has 0 bridgehead atoms. The van der Waals surface area contributed by atoms with Crippen molar-refractivity contribution in [3.05, 3.63) is 53.1 Å². The Morgan fingerprint density at radius 3 is 2.37 bits per heavy atom. The minimum Gasteiger partial charge on any atom is -0.496 e. The number of aryl methyl sites for hydroxylation is 2. The molecule has 4 nitrogen and oxygen atoms in total. The molecule has 1 heterocycles. The van der Waals surface area contributed by atoms with E-state index in [9.17, 15) is 5.26 Å². The minimum atomic E-state index is -0.406. The summed E-state index contributed by atoms with van der Waals surface area (Å²) in [4.78, 5) is 8.23. The number of hydrogen-bond acceptors (Lipinski definition) is 4. The number of benzene rings is 1. The molecule has 2 aromatic rings. The summed E-state index contributed by atoms with van der Waals surface area (Å²) in [6, 6.07) is 6.22. The van der Waals surface area contributed by atoms with E-state index in [2.05, 4.69) is 16.0 Å². The number of nitriles is 1. The van der Waals surface area contributed by atoms with E-state index in [0.29, 0.717) is 5.69 Å². The molecule has 0 N–H and O–H groups in total. The quantitative estimate of drug-likeness (QED) is 0.844. The van der Waals surface area contributed by atoms with Crippen molar-refractivity contribution in [3.63, 3.8) is 0 Å². The predicted octanol–water partition coefficient (Wildman–Crippen LogP) is 2.76. The molecule has 96 valence electrons. The van der Waals surface area contributed by atoms with E-state index in [1.807, 2.05) is 26.0 Å². The summed E-state index contributed by atoms with van der Waals surface area (Å²) in [5.41, 5.74) is 3.61. The molecule has 0 spiro atoms. The lowest BCUT2D eigenvalue weighted by Crippen LogP contribution is -2.03. The topological polar surface area (TPSA) is 58.8 Å². The minimum absolute atomic E-state index is 0.406. The molecule has 0 radical (unpaired) electrons. The van der Waals surface area contributed by atoms with Crippen LogP contribution in [-0.4, -0.2) is 17.1 Å². The second-order valence-corrected chi connectivity index (χ2v) is 4.38. The average molecular weight is 253 g/mol. The van der Waals surface area contributed by atoms with Crippen molar-refractivity contribution in [1.29, 1.82) is 5.26 Å². The lowest BCUT2D eigenvalue weighted by Gasteiger charge is -2.14. The van der Waals surface area contributed by atoms with Gasteiger partial charge in [-0.1, -0.05) is 12.1 Å². The molecule has 1 aromatic carbocycles. The Balaban J connectivity index is 2.49. The van der Waals surface area contributed by atoms with Gasteiger partial charge in [-0.3, -0.25) is 9.97 Å². The fourth-order valence-corrected chi connectivity index (χ4v) is 2.24. The molecule has 19 heavy (non-hydrogen) atoms. The second-order valence-electron chi connectivity index (χ2n) is 4.38. The van der Waals surface area contributed by atoms with Crippen LogP contribution < -0.4 is 4.74 Å². The summed E-state index contributed by atoms with van der Waals surface area (Å²) >= 11 is 0. The SMILES string of the molecule is COc1c(C)cc(C(C#N)c2cnccn2)cc1C. The number of nitrogens with zero attached hydrogens (tertiary/aromatic N) is 3. The molecule has 0 fully saturated rings. The van der Waals surface area contributed by atoms with E-state index >= 15 is 0 Å². The third-order valence-corrected chi connectivity index (χ3v) is 3.03. The van der Waals surface area contributed by atoms with Crippen molar-refractivity contribution < 1.29 is 4.74 Å². The van der Waals surface area contributed by atoms with E-state index in [0.717, 1.165) is 22.4 Å². The highest BCUT2D eigenvalue weighted by Crippen LogP contribution is 2.30. The van der Waals surface area contributed by atoms with Gasteiger partial charge in [0.05, 0.1) is 25.1 Å². The van der Waals surface area contributed by atoms with E-state index in [4.69, 9.17) is 4.74 Å². The fraction of sp³-hybridized carbons (Fsp3) is 0.267. The molecule has 0 amide bonds. The highest BCUT2D eigenvalue weighted by molar-refractivity contribution is 5.47. The highest BCUT2D eigenvalue weighted by atomic mass is 16.5. The summed E-state index contributed by atoms with van der Waals surface area (Å²) in [6.45, 7) is 3.95. The van der Waals surface area contributed by atoms with Crippen LogP contribution in [0.4, 0.5) is 0 Å². The third kappa shape index (κ3) is 2.55. The molecule has 2 rings (SSSR count). The zero-order chi connectivity index (χ0) is 13.8. The van der Waals surface area contributed by atoms with Crippen LogP contribution in [0.15, 0.2) is 30.7 Å². The van der Waals surface area contributed by atoms with Crippen LogP contribution in [-0.2, 0) is 0 Å². The molecule has 0 aliphatic carbocycles. The van der Waals surface area contributed by atoms with Crippen LogP contribution in [0.5, 0.6) is 5.75 Å². The number of rotatable bonds is 3. The molecule has 4 heteroatoms. The van der Waals surface area contributed by atoms with Crippen LogP contribution in [0.3, 0.4) is 0 Å². The van der Waals surface area contributed by atoms with Crippen LogP contribution in [0.2, 0.25) is 0 Å². The maximum absolute atomic E-state index is 9.39. The maximum atomic E-state index is 9.39. The van der Waals surface area contributed by atoms with Gasteiger partial charge in [0.2, 0.25) is 0 Å². The summed E-state index contributed by atoms with van der Waals surface area (Å²) < 4.78 is 5.34. The van der Waals surface area contributed by atoms with E-state index in [1.54, 1.807) is 25.7 Å². The number of hydrogen-bond donors (Lipinski definition) is 0. The normalized spacial score (nSPS) is 11.7. The Morgan fingerprint density at radius 2 is 1.89 bits per heavy atom. The van der Waals surface area contributed by atoms with Gasteiger partial charge in [-0.15, -0.1) is 0 Å². The van der Waals surface area contributed by atoms with Crippen molar-refractivity contribution in [2.45, 2.75) is 19.8 Å². The Morgan fingerprint density at radius 1 is 1.21 bits per heavy atom. The molecule has 0 aliphatic heterocycles. The van der Waals surface area contributed by atoms with Crippen molar-refractivity contribution in [3.8, 4) is 11.8 Å². The van der Waals surface area contributed by atoms with Crippen molar-refractivity contribution >= 4 is 0 Å². The first-order valence-corrected chi connectivity index (χ1v) is 5.98. The lowest BCUT2D eigenvalue weighted by molar-refractivity contribution is 0.408. The van der Waals surface area contributed by atoms with Crippen molar-refractivity contribution in [2.75, 3.05) is 7.11 Å². The summed E-state index contributed by atoms with van der Waals surface area (Å²) in [6.07, 6.45) is 4.83. The smallest absolute Gasteiger partial charge is 0.124 e. The molecule has 0 saturated carbocycles. The molecule has 1 aromatic heterocycles. The van der Waals surface area contributed by atoms with Gasteiger partial charge >= 0.3 is 0 Å². The van der Waals surface area contributed by atoms with Gasteiger partial charge < -0.3 is 4.74 Å². The average Bonchev–Trinajstić information content (AvgIpc) is 2.40. The Kier molecular flexibility index (Phi) is 3.76. The van der Waals surface area contributed by atoms with Crippen molar-refractivity contribution in [1.82, 2.24) is 9.97 Å². The van der Waals surface area contributed by atoms with Gasteiger partial charge in [-0.05, 0) is 30.5 Å². The monoisotopic (exact) mass is 253 g/mol. The molecular formula is C15H15N3O. The summed E-state index contributed by atoms with van der Waals surface area (Å²) in [7, 11) is 1.65. The standard InChI is InChI=1S/C15H15N3O/c1-10-6-12(7-11(2)15(10)19-3)13(8-16)14-9-17-4-5-18-14/h4-7,9,13H,1-3H3. The fourth-order valence-electron chi connectivity index (χ4n) is 2.24. The highest BCUT2D eigenvalue weighted by Gasteiger charge is 2.17. The molecular weight excluding hydrogens is 238 g/mol. The first-order chi connectivity index (χ1) is 9.17. The third-order valence-electron chi connectivity index (χ3n) is 3.03. The molecule has 1 unspecified atom stereocenters. The molecule has 0 saturated heterocycles. The van der Waals surface area contributed by atoms with Crippen LogP contribution in [0.1, 0.15) is 28.3 Å². The lowest BCUT2D eigenvalue weighted by atomic mass is 9.93. The zero-order valence-electron chi connectivity index (χ0n) is 11.2. The number of ether oxygens (including phenoxy) is 1. The van der Waals surface area contributed by atoms with Crippen molar-refractivity contribution in [2.24, 2.45) is 0 Å². The van der Waals surface area contributed by atoms with Gasteiger partial charge in [-0.2, -0.15) is 5.26 Å². The number of methoxy groups -OCH3 is 1. The molecule has 1 atom stereocenters. The Hall–Kier alpha value is -2.41. The van der Waals surface area contributed by atoms with Crippen LogP contribution in [0, 0.1) is 25.2 Å². The Labute approximate surface area is 112 Å². The predicted molar refractivity (Wildman–Crippen MR) is 72.0 cm³/mol. The van der Waals surface area contributed by atoms with E-state index in [-0.39, 0.29) is 0 Å². The van der Waals surface area contributed by atoms with Gasteiger partial charge in [0.1, 0.15) is 11.7 Å². The first kappa shape index (κ1) is 13.0. The van der Waals surface area contributed by atoms with Gasteiger partial charge in [0.15, 0.2) is 0 Å². The van der Waals surface area contributed by atoms with Gasteiger partial charge in [-0.25, -0.2) is 0 Å². The van der Waals surface area contributed by atoms with E-state index in [1.165, 1.54) is 0 Å².